The van der Waals surface area contributed by atoms with E-state index in [4.69, 9.17) is 4.74 Å². The molecule has 0 aliphatic carbocycles. The number of rotatable bonds is 7. The molecule has 1 amide bonds. The number of thioether (sulfide) groups is 1. The molecule has 3 rings (SSSR count). The third kappa shape index (κ3) is 5.00. The van der Waals surface area contributed by atoms with Gasteiger partial charge in [0.25, 0.3) is 5.91 Å². The molecule has 128 valence electrons. The van der Waals surface area contributed by atoms with Crippen LogP contribution in [0.15, 0.2) is 71.6 Å². The summed E-state index contributed by atoms with van der Waals surface area (Å²) in [5.41, 5.74) is 1.25. The Morgan fingerprint density at radius 1 is 1.00 bits per heavy atom. The molecule has 0 radical (unpaired) electrons. The fraction of sp³-hybridized carbons (Fsp3) is 0.190. The Hall–Kier alpha value is -2.46. The van der Waals surface area contributed by atoms with Crippen molar-refractivity contribution in [3.63, 3.8) is 0 Å². The highest BCUT2D eigenvalue weighted by Crippen LogP contribution is 2.25. The molecule has 0 saturated heterocycles. The van der Waals surface area contributed by atoms with Gasteiger partial charge in [-0.3, -0.25) is 4.79 Å². The van der Waals surface area contributed by atoms with Gasteiger partial charge in [0.1, 0.15) is 5.75 Å². The summed E-state index contributed by atoms with van der Waals surface area (Å²) in [6, 6.07) is 22.3. The fourth-order valence-corrected chi connectivity index (χ4v) is 3.28. The van der Waals surface area contributed by atoms with Crippen LogP contribution in [0.2, 0.25) is 0 Å². The van der Waals surface area contributed by atoms with Crippen molar-refractivity contribution in [3.05, 3.63) is 72.3 Å². The zero-order valence-corrected chi connectivity index (χ0v) is 15.0. The predicted molar refractivity (Wildman–Crippen MR) is 104 cm³/mol. The van der Waals surface area contributed by atoms with Gasteiger partial charge in [-0.25, -0.2) is 0 Å². The lowest BCUT2D eigenvalue weighted by Crippen LogP contribution is -2.30. The number of carbonyl (C=O) groups excluding carboxylic acids is 1. The Kier molecular flexibility index (Phi) is 5.96. The van der Waals surface area contributed by atoms with Crippen LogP contribution in [0, 0.1) is 6.92 Å². The second-order valence-electron chi connectivity index (χ2n) is 5.78. The Morgan fingerprint density at radius 3 is 2.60 bits per heavy atom. The van der Waals surface area contributed by atoms with E-state index in [2.05, 4.69) is 36.5 Å². The zero-order valence-electron chi connectivity index (χ0n) is 14.2. The van der Waals surface area contributed by atoms with E-state index in [0.717, 1.165) is 22.3 Å². The average molecular weight is 351 g/mol. The number of aryl methyl sites for hydroxylation is 1. The molecule has 3 aromatic rings. The van der Waals surface area contributed by atoms with E-state index in [1.54, 1.807) is 11.8 Å². The van der Waals surface area contributed by atoms with Gasteiger partial charge < -0.3 is 10.1 Å². The van der Waals surface area contributed by atoms with Crippen LogP contribution in [0.25, 0.3) is 10.8 Å². The number of carbonyl (C=O) groups is 1. The second kappa shape index (κ2) is 8.58. The van der Waals surface area contributed by atoms with Gasteiger partial charge in [-0.2, -0.15) is 0 Å². The Morgan fingerprint density at radius 2 is 1.76 bits per heavy atom. The van der Waals surface area contributed by atoms with Crippen molar-refractivity contribution >= 4 is 28.4 Å². The molecule has 0 unspecified atom stereocenters. The van der Waals surface area contributed by atoms with Crippen molar-refractivity contribution in [1.29, 1.82) is 0 Å². The van der Waals surface area contributed by atoms with Gasteiger partial charge in [-0.1, -0.05) is 54.1 Å². The minimum absolute atomic E-state index is 0.0310. The van der Waals surface area contributed by atoms with E-state index in [-0.39, 0.29) is 12.5 Å². The van der Waals surface area contributed by atoms with Crippen LogP contribution in [0.5, 0.6) is 5.75 Å². The smallest absolute Gasteiger partial charge is 0.257 e. The topological polar surface area (TPSA) is 38.3 Å². The number of hydrogen-bond donors (Lipinski definition) is 1. The summed E-state index contributed by atoms with van der Waals surface area (Å²) < 4.78 is 5.69. The summed E-state index contributed by atoms with van der Waals surface area (Å²) in [5, 5.41) is 5.03. The van der Waals surface area contributed by atoms with Crippen molar-refractivity contribution in [1.82, 2.24) is 5.32 Å². The molecular weight excluding hydrogens is 330 g/mol. The first-order chi connectivity index (χ1) is 12.2. The molecule has 0 bridgehead atoms. The predicted octanol–water partition coefficient (Wildman–Crippen LogP) is 4.44. The number of fused-ring (bicyclic) bond motifs is 1. The van der Waals surface area contributed by atoms with E-state index >= 15 is 0 Å². The summed E-state index contributed by atoms with van der Waals surface area (Å²) in [4.78, 5) is 13.2. The first kappa shape index (κ1) is 17.4. The van der Waals surface area contributed by atoms with Crippen LogP contribution in [-0.2, 0) is 4.79 Å². The van der Waals surface area contributed by atoms with E-state index in [1.165, 1.54) is 10.5 Å². The third-order valence-corrected chi connectivity index (χ3v) is 4.84. The minimum atomic E-state index is -0.0996. The summed E-state index contributed by atoms with van der Waals surface area (Å²) in [5.74, 6) is 1.48. The quantitative estimate of drug-likeness (QED) is 0.505. The maximum absolute atomic E-state index is 12.0. The molecule has 0 aliphatic heterocycles. The van der Waals surface area contributed by atoms with Gasteiger partial charge in [0, 0.05) is 22.6 Å². The molecule has 25 heavy (non-hydrogen) atoms. The van der Waals surface area contributed by atoms with Crippen molar-refractivity contribution in [2.45, 2.75) is 11.8 Å². The maximum Gasteiger partial charge on any atom is 0.257 e. The van der Waals surface area contributed by atoms with Gasteiger partial charge in [0.2, 0.25) is 0 Å². The number of benzene rings is 3. The highest BCUT2D eigenvalue weighted by molar-refractivity contribution is 7.99. The standard InChI is InChI=1S/C21H21NO2S/c1-16-9-11-18(12-10-16)25-14-13-22-21(23)15-24-20-8-4-6-17-5-2-3-7-19(17)20/h2-12H,13-15H2,1H3,(H,22,23). The molecular formula is C21H21NO2S. The molecule has 0 aromatic heterocycles. The van der Waals surface area contributed by atoms with Crippen LogP contribution < -0.4 is 10.1 Å². The third-order valence-electron chi connectivity index (χ3n) is 3.82. The first-order valence-electron chi connectivity index (χ1n) is 8.29. The van der Waals surface area contributed by atoms with Gasteiger partial charge >= 0.3 is 0 Å². The maximum atomic E-state index is 12.0. The second-order valence-corrected chi connectivity index (χ2v) is 6.95. The highest BCUT2D eigenvalue weighted by atomic mass is 32.2. The van der Waals surface area contributed by atoms with E-state index in [0.29, 0.717) is 6.54 Å². The van der Waals surface area contributed by atoms with Gasteiger partial charge in [0.05, 0.1) is 0 Å². The summed E-state index contributed by atoms with van der Waals surface area (Å²) >= 11 is 1.73. The van der Waals surface area contributed by atoms with Gasteiger partial charge in [-0.15, -0.1) is 11.8 Å². The molecule has 0 fully saturated rings. The largest absolute Gasteiger partial charge is 0.483 e. The summed E-state index contributed by atoms with van der Waals surface area (Å²) in [6.07, 6.45) is 0. The Bertz CT molecular complexity index is 841. The molecule has 1 N–H and O–H groups in total. The lowest BCUT2D eigenvalue weighted by molar-refractivity contribution is -0.122. The zero-order chi connectivity index (χ0) is 17.5. The van der Waals surface area contributed by atoms with Gasteiger partial charge in [-0.05, 0) is 30.5 Å². The molecule has 0 atom stereocenters. The highest BCUT2D eigenvalue weighted by Gasteiger charge is 2.05. The van der Waals surface area contributed by atoms with Crippen LogP contribution >= 0.6 is 11.8 Å². The Balaban J connectivity index is 1.42. The lowest BCUT2D eigenvalue weighted by atomic mass is 10.1. The number of nitrogens with one attached hydrogen (secondary N) is 1. The normalized spacial score (nSPS) is 10.6. The van der Waals surface area contributed by atoms with Crippen LogP contribution in [0.3, 0.4) is 0 Å². The lowest BCUT2D eigenvalue weighted by Gasteiger charge is -2.10. The monoisotopic (exact) mass is 351 g/mol. The van der Waals surface area contributed by atoms with E-state index in [9.17, 15) is 4.79 Å². The van der Waals surface area contributed by atoms with Crippen molar-refractivity contribution in [2.75, 3.05) is 18.9 Å². The number of ether oxygens (including phenoxy) is 1. The average Bonchev–Trinajstić information content (AvgIpc) is 2.65. The SMILES string of the molecule is Cc1ccc(SCCNC(=O)COc2cccc3ccccc23)cc1. The summed E-state index contributed by atoms with van der Waals surface area (Å²) in [7, 11) is 0. The van der Waals surface area contributed by atoms with Crippen LogP contribution in [-0.4, -0.2) is 24.8 Å². The molecule has 0 aliphatic rings. The van der Waals surface area contributed by atoms with Gasteiger partial charge in [0.15, 0.2) is 6.61 Å². The molecule has 4 heteroatoms. The Labute approximate surface area is 152 Å². The van der Waals surface area contributed by atoms with Crippen molar-refractivity contribution < 1.29 is 9.53 Å². The van der Waals surface area contributed by atoms with Crippen LogP contribution in [0.1, 0.15) is 5.56 Å². The molecule has 0 spiro atoms. The van der Waals surface area contributed by atoms with Crippen molar-refractivity contribution in [3.8, 4) is 5.75 Å². The molecule has 0 heterocycles. The molecule has 3 aromatic carbocycles. The van der Waals surface area contributed by atoms with E-state index < -0.39 is 0 Å². The van der Waals surface area contributed by atoms with Crippen LogP contribution in [0.4, 0.5) is 0 Å². The summed E-state index contributed by atoms with van der Waals surface area (Å²) in [6.45, 7) is 2.73. The number of hydrogen-bond acceptors (Lipinski definition) is 3. The first-order valence-corrected chi connectivity index (χ1v) is 9.28. The molecule has 0 saturated carbocycles. The van der Waals surface area contributed by atoms with E-state index in [1.807, 2.05) is 42.5 Å². The molecule has 3 nitrogen and oxygen atoms in total. The fourth-order valence-electron chi connectivity index (χ4n) is 2.51. The number of amides is 1. The minimum Gasteiger partial charge on any atom is -0.483 e. The van der Waals surface area contributed by atoms with Crippen molar-refractivity contribution in [2.24, 2.45) is 0 Å².